The zero-order valence-electron chi connectivity index (χ0n) is 16.2. The molecule has 1 aromatic heterocycles. The van der Waals surface area contributed by atoms with E-state index < -0.39 is 23.4 Å². The van der Waals surface area contributed by atoms with Crippen LogP contribution in [0.4, 0.5) is 11.4 Å². The number of nitro groups is 1. The Kier molecular flexibility index (Phi) is 5.54. The number of aromatic nitrogens is 1. The highest BCUT2D eigenvalue weighted by molar-refractivity contribution is 6.00. The lowest BCUT2D eigenvalue weighted by Crippen LogP contribution is -2.22. The van der Waals surface area contributed by atoms with E-state index in [-0.39, 0.29) is 5.69 Å². The molecule has 0 aliphatic rings. The lowest BCUT2D eigenvalue weighted by atomic mass is 10.0. The summed E-state index contributed by atoms with van der Waals surface area (Å²) in [5.74, 6) is -1.24. The van der Waals surface area contributed by atoms with E-state index in [2.05, 4.69) is 10.3 Å². The van der Waals surface area contributed by atoms with Crippen molar-refractivity contribution in [3.8, 4) is 0 Å². The van der Waals surface area contributed by atoms with Gasteiger partial charge in [-0.25, -0.2) is 4.79 Å². The van der Waals surface area contributed by atoms with Crippen LogP contribution in [0.25, 0.3) is 10.9 Å². The normalized spacial score (nSPS) is 10.6. The maximum atomic E-state index is 12.6. The van der Waals surface area contributed by atoms with Crippen LogP contribution in [-0.4, -0.2) is 28.4 Å². The van der Waals surface area contributed by atoms with Crippen molar-refractivity contribution in [3.63, 3.8) is 0 Å². The largest absolute Gasteiger partial charge is 0.452 e. The molecular formula is C21H19N3O5. The van der Waals surface area contributed by atoms with Gasteiger partial charge in [-0.3, -0.25) is 19.9 Å². The minimum absolute atomic E-state index is 0.142. The second-order valence-corrected chi connectivity index (χ2v) is 6.60. The van der Waals surface area contributed by atoms with E-state index >= 15 is 0 Å². The number of non-ortho nitro benzene ring substituents is 1. The molecule has 1 heterocycles. The molecule has 148 valence electrons. The van der Waals surface area contributed by atoms with Gasteiger partial charge in [0.15, 0.2) is 6.61 Å². The van der Waals surface area contributed by atoms with Crippen LogP contribution in [0, 0.1) is 30.9 Å². The van der Waals surface area contributed by atoms with Crippen LogP contribution in [0.5, 0.6) is 0 Å². The minimum atomic E-state index is -0.649. The number of carbonyl (C=O) groups excluding carboxylic acids is 2. The summed E-state index contributed by atoms with van der Waals surface area (Å²) in [6.45, 7) is 4.70. The zero-order valence-corrected chi connectivity index (χ0v) is 16.2. The third-order valence-corrected chi connectivity index (χ3v) is 4.58. The molecule has 29 heavy (non-hydrogen) atoms. The van der Waals surface area contributed by atoms with Gasteiger partial charge in [0, 0.05) is 17.5 Å². The number of benzene rings is 2. The number of nitrogens with one attached hydrogen (secondary N) is 1. The summed E-state index contributed by atoms with van der Waals surface area (Å²) in [6, 6.07) is 11.6. The molecular weight excluding hydrogens is 374 g/mol. The number of esters is 1. The number of nitro benzene ring substituents is 1. The molecule has 0 bridgehead atoms. The van der Waals surface area contributed by atoms with Crippen molar-refractivity contribution in [2.75, 3.05) is 11.9 Å². The summed E-state index contributed by atoms with van der Waals surface area (Å²) in [5.41, 5.74) is 3.15. The molecule has 0 saturated carbocycles. The van der Waals surface area contributed by atoms with Crippen LogP contribution < -0.4 is 5.32 Å². The lowest BCUT2D eigenvalue weighted by molar-refractivity contribution is -0.384. The second-order valence-electron chi connectivity index (χ2n) is 6.60. The molecule has 1 N–H and O–H groups in total. The number of hydrogen-bond donors (Lipinski definition) is 1. The van der Waals surface area contributed by atoms with Crippen LogP contribution >= 0.6 is 0 Å². The number of pyridine rings is 1. The number of rotatable bonds is 5. The van der Waals surface area contributed by atoms with Gasteiger partial charge in [-0.15, -0.1) is 0 Å². The Labute approximate surface area is 166 Å². The van der Waals surface area contributed by atoms with E-state index in [1.165, 1.54) is 18.2 Å². The van der Waals surface area contributed by atoms with E-state index in [1.54, 1.807) is 20.8 Å². The Morgan fingerprint density at radius 3 is 2.59 bits per heavy atom. The lowest BCUT2D eigenvalue weighted by Gasteiger charge is -2.12. The first-order chi connectivity index (χ1) is 13.8. The highest BCUT2D eigenvalue weighted by Gasteiger charge is 2.19. The fraction of sp³-hybridized carbons (Fsp3) is 0.190. The fourth-order valence-corrected chi connectivity index (χ4v) is 3.08. The Morgan fingerprint density at radius 1 is 1.14 bits per heavy atom. The third-order valence-electron chi connectivity index (χ3n) is 4.58. The highest BCUT2D eigenvalue weighted by Crippen LogP contribution is 2.24. The number of amides is 1. The molecule has 8 heteroatoms. The highest BCUT2D eigenvalue weighted by atomic mass is 16.6. The van der Waals surface area contributed by atoms with Crippen LogP contribution in [0.1, 0.15) is 27.2 Å². The van der Waals surface area contributed by atoms with Crippen molar-refractivity contribution in [3.05, 3.63) is 75.0 Å². The average molecular weight is 393 g/mol. The van der Waals surface area contributed by atoms with Gasteiger partial charge in [0.05, 0.1) is 27.4 Å². The van der Waals surface area contributed by atoms with Crippen LogP contribution in [0.2, 0.25) is 0 Å². The first-order valence-electron chi connectivity index (χ1n) is 8.86. The maximum absolute atomic E-state index is 12.6. The number of aryl methyl sites for hydroxylation is 3. The molecule has 3 aromatic rings. The van der Waals surface area contributed by atoms with Crippen molar-refractivity contribution >= 4 is 34.2 Å². The Bertz CT molecular complexity index is 1140. The van der Waals surface area contributed by atoms with Crippen molar-refractivity contribution in [2.24, 2.45) is 0 Å². The molecule has 0 spiro atoms. The molecule has 0 aliphatic carbocycles. The predicted molar refractivity (Wildman–Crippen MR) is 108 cm³/mol. The van der Waals surface area contributed by atoms with Crippen LogP contribution in [0.3, 0.4) is 0 Å². The van der Waals surface area contributed by atoms with E-state index in [4.69, 9.17) is 4.74 Å². The van der Waals surface area contributed by atoms with Gasteiger partial charge < -0.3 is 10.1 Å². The van der Waals surface area contributed by atoms with Gasteiger partial charge >= 0.3 is 5.97 Å². The molecule has 1 amide bonds. The second kappa shape index (κ2) is 8.05. The van der Waals surface area contributed by atoms with Gasteiger partial charge in [-0.2, -0.15) is 0 Å². The summed E-state index contributed by atoms with van der Waals surface area (Å²) in [5, 5.41) is 14.3. The van der Waals surface area contributed by atoms with Gasteiger partial charge in [0.25, 0.3) is 11.6 Å². The first kappa shape index (κ1) is 19.9. The van der Waals surface area contributed by atoms with E-state index in [0.717, 1.165) is 16.5 Å². The van der Waals surface area contributed by atoms with Crippen LogP contribution in [0.15, 0.2) is 42.5 Å². The summed E-state index contributed by atoms with van der Waals surface area (Å²) in [7, 11) is 0. The molecule has 3 rings (SSSR count). The van der Waals surface area contributed by atoms with Gasteiger partial charge in [0.1, 0.15) is 0 Å². The van der Waals surface area contributed by atoms with E-state index in [0.29, 0.717) is 22.5 Å². The van der Waals surface area contributed by atoms with Gasteiger partial charge in [-0.1, -0.05) is 24.3 Å². The SMILES string of the molecule is Cc1ccc([N+](=O)[O-])cc1NC(=O)COC(=O)c1c(C)nc2ccccc2c1C. The number of nitrogens with zero attached hydrogens (tertiary/aromatic N) is 2. The van der Waals surface area contributed by atoms with Gasteiger partial charge in [-0.05, 0) is 38.0 Å². The van der Waals surface area contributed by atoms with Crippen molar-refractivity contribution < 1.29 is 19.2 Å². The molecule has 0 fully saturated rings. The molecule has 8 nitrogen and oxygen atoms in total. The monoisotopic (exact) mass is 393 g/mol. The van der Waals surface area contributed by atoms with Crippen molar-refractivity contribution in [1.82, 2.24) is 4.98 Å². The summed E-state index contributed by atoms with van der Waals surface area (Å²) in [4.78, 5) is 39.5. The van der Waals surface area contributed by atoms with Crippen molar-refractivity contribution in [2.45, 2.75) is 20.8 Å². The molecule has 0 radical (unpaired) electrons. The molecule has 0 unspecified atom stereocenters. The summed E-state index contributed by atoms with van der Waals surface area (Å²) < 4.78 is 5.17. The maximum Gasteiger partial charge on any atom is 0.340 e. The quantitative estimate of drug-likeness (QED) is 0.400. The van der Waals surface area contributed by atoms with Crippen LogP contribution in [-0.2, 0) is 9.53 Å². The van der Waals surface area contributed by atoms with E-state index in [9.17, 15) is 19.7 Å². The number of ether oxygens (including phenoxy) is 1. The number of carbonyl (C=O) groups is 2. The van der Waals surface area contributed by atoms with Crippen molar-refractivity contribution in [1.29, 1.82) is 0 Å². The summed E-state index contributed by atoms with van der Waals surface area (Å²) >= 11 is 0. The third kappa shape index (κ3) is 4.21. The topological polar surface area (TPSA) is 111 Å². The number of hydrogen-bond acceptors (Lipinski definition) is 6. The van der Waals surface area contributed by atoms with Gasteiger partial charge in [0.2, 0.25) is 0 Å². The predicted octanol–water partition coefficient (Wildman–Crippen LogP) is 3.86. The number of fused-ring (bicyclic) bond motifs is 1. The minimum Gasteiger partial charge on any atom is -0.452 e. The molecule has 0 saturated heterocycles. The Hall–Kier alpha value is -3.81. The number of para-hydroxylation sites is 1. The Morgan fingerprint density at radius 2 is 1.86 bits per heavy atom. The molecule has 0 aliphatic heterocycles. The average Bonchev–Trinajstić information content (AvgIpc) is 2.68. The zero-order chi connectivity index (χ0) is 21.1. The molecule has 0 atom stereocenters. The number of anilines is 1. The smallest absolute Gasteiger partial charge is 0.340 e. The van der Waals surface area contributed by atoms with E-state index in [1.807, 2.05) is 24.3 Å². The first-order valence-corrected chi connectivity index (χ1v) is 8.86. The Balaban J connectivity index is 1.73. The molecule has 2 aromatic carbocycles. The summed E-state index contributed by atoms with van der Waals surface area (Å²) in [6.07, 6.45) is 0. The standard InChI is InChI=1S/C21H19N3O5/c1-12-8-9-15(24(27)28)10-18(12)23-19(25)11-29-21(26)20-13(2)16-6-4-5-7-17(16)22-14(20)3/h4-10H,11H2,1-3H3,(H,23,25). The fourth-order valence-electron chi connectivity index (χ4n) is 3.08.